The molecule has 3 saturated carbocycles. The van der Waals surface area contributed by atoms with Gasteiger partial charge in [-0.05, 0) is 55.3 Å². The molecule has 6 unspecified atom stereocenters. The summed E-state index contributed by atoms with van der Waals surface area (Å²) in [4.78, 5) is 41.4. The molecule has 0 spiro atoms. The summed E-state index contributed by atoms with van der Waals surface area (Å²) < 4.78 is 6.35. The van der Waals surface area contributed by atoms with Crippen LogP contribution in [-0.4, -0.2) is 70.0 Å². The standard InChI is InChI=1S/C31H50N2O5S/c1-8-29(6)15-23(38-24(35)17-39-21-11-14-33(16-21)28(37)25(32)18(2)3)30(7)19(4)9-12-31(20(5)27(29)36)13-10-22(34)26(30)31/h8,18-21,23,25-27,36H,1,9-17,32H2,2-7H3/t19?,20-,21?,23+,25?,26?,27?,29+,30-,31?/m0/s1. The maximum atomic E-state index is 13.5. The number of ketones is 1. The molecule has 39 heavy (non-hydrogen) atoms. The van der Waals surface area contributed by atoms with Crippen molar-refractivity contribution in [2.75, 3.05) is 18.8 Å². The molecule has 1 heterocycles. The van der Waals surface area contributed by atoms with Gasteiger partial charge in [0.1, 0.15) is 11.9 Å². The number of aliphatic hydroxyl groups excluding tert-OH is 1. The number of carbonyl (C=O) groups is 3. The highest BCUT2D eigenvalue weighted by molar-refractivity contribution is 8.00. The molecule has 0 aromatic rings. The summed E-state index contributed by atoms with van der Waals surface area (Å²) in [5.74, 6) is 0.154. The Morgan fingerprint density at radius 2 is 1.95 bits per heavy atom. The molecule has 220 valence electrons. The number of hydrogen-bond acceptors (Lipinski definition) is 7. The lowest BCUT2D eigenvalue weighted by atomic mass is 9.44. The minimum Gasteiger partial charge on any atom is -0.461 e. The zero-order chi connectivity index (χ0) is 28.9. The van der Waals surface area contributed by atoms with Crippen molar-refractivity contribution in [2.24, 2.45) is 45.7 Å². The van der Waals surface area contributed by atoms with Crippen molar-refractivity contribution in [3.05, 3.63) is 12.7 Å². The van der Waals surface area contributed by atoms with Gasteiger partial charge in [-0.25, -0.2) is 0 Å². The maximum Gasteiger partial charge on any atom is 0.316 e. The molecule has 1 saturated heterocycles. The molecule has 4 rings (SSSR count). The smallest absolute Gasteiger partial charge is 0.316 e. The molecule has 0 radical (unpaired) electrons. The Hall–Kier alpha value is -1.38. The average Bonchev–Trinajstić information content (AvgIpc) is 3.52. The third kappa shape index (κ3) is 5.12. The molecule has 10 atom stereocenters. The fourth-order valence-corrected chi connectivity index (χ4v) is 9.44. The van der Waals surface area contributed by atoms with Gasteiger partial charge >= 0.3 is 5.97 Å². The Morgan fingerprint density at radius 3 is 2.59 bits per heavy atom. The summed E-state index contributed by atoms with van der Waals surface area (Å²) in [6.07, 6.45) is 5.12. The van der Waals surface area contributed by atoms with Crippen LogP contribution in [0.3, 0.4) is 0 Å². The Bertz CT molecular complexity index is 988. The summed E-state index contributed by atoms with van der Waals surface area (Å²) in [6, 6.07) is -0.501. The van der Waals surface area contributed by atoms with Crippen LogP contribution in [0.5, 0.6) is 0 Å². The SMILES string of the molecule is C=C[C@]1(C)C[C@@H](OC(=O)CSC2CCN(C(=O)C(N)C(C)C)C2)[C@]2(C)C(C)CCC3(CCC(=O)C32)[C@@H](C)C1O. The second-order valence-corrected chi connectivity index (χ2v) is 15.1. The zero-order valence-corrected chi connectivity index (χ0v) is 25.6. The third-order valence-corrected chi connectivity index (χ3v) is 12.7. The van der Waals surface area contributed by atoms with E-state index in [-0.39, 0.29) is 57.7 Å². The predicted octanol–water partition coefficient (Wildman–Crippen LogP) is 4.21. The van der Waals surface area contributed by atoms with Crippen molar-refractivity contribution in [1.82, 2.24) is 4.90 Å². The number of aliphatic hydroxyl groups is 1. The monoisotopic (exact) mass is 562 g/mol. The average molecular weight is 563 g/mol. The zero-order valence-electron chi connectivity index (χ0n) is 24.8. The van der Waals surface area contributed by atoms with E-state index in [0.717, 1.165) is 25.7 Å². The van der Waals surface area contributed by atoms with Crippen molar-refractivity contribution in [3.8, 4) is 0 Å². The topological polar surface area (TPSA) is 110 Å². The van der Waals surface area contributed by atoms with Gasteiger partial charge < -0.3 is 20.5 Å². The largest absolute Gasteiger partial charge is 0.461 e. The quantitative estimate of drug-likeness (QED) is 0.353. The van der Waals surface area contributed by atoms with Gasteiger partial charge in [-0.15, -0.1) is 18.3 Å². The number of hydrogen-bond donors (Lipinski definition) is 2. The summed E-state index contributed by atoms with van der Waals surface area (Å²) in [6.45, 7) is 17.7. The number of carbonyl (C=O) groups excluding carboxylic acids is 3. The van der Waals surface area contributed by atoms with E-state index in [1.54, 1.807) is 0 Å². The van der Waals surface area contributed by atoms with E-state index in [4.69, 9.17) is 10.5 Å². The van der Waals surface area contributed by atoms with E-state index < -0.39 is 29.1 Å². The van der Waals surface area contributed by atoms with E-state index in [1.165, 1.54) is 11.8 Å². The van der Waals surface area contributed by atoms with E-state index in [1.807, 2.05) is 31.7 Å². The highest BCUT2D eigenvalue weighted by atomic mass is 32.2. The molecule has 3 N–H and O–H groups in total. The van der Waals surface area contributed by atoms with Crippen LogP contribution in [0.2, 0.25) is 0 Å². The van der Waals surface area contributed by atoms with Crippen molar-refractivity contribution in [1.29, 1.82) is 0 Å². The summed E-state index contributed by atoms with van der Waals surface area (Å²) >= 11 is 1.53. The Morgan fingerprint density at radius 1 is 1.26 bits per heavy atom. The normalized spacial score (nSPS) is 43.0. The van der Waals surface area contributed by atoms with Crippen LogP contribution in [0.25, 0.3) is 0 Å². The van der Waals surface area contributed by atoms with Crippen LogP contribution in [-0.2, 0) is 19.1 Å². The molecule has 4 fully saturated rings. The molecule has 1 aliphatic heterocycles. The van der Waals surface area contributed by atoms with Crippen LogP contribution in [0, 0.1) is 39.9 Å². The van der Waals surface area contributed by atoms with E-state index in [2.05, 4.69) is 27.4 Å². The fraction of sp³-hybridized carbons (Fsp3) is 0.839. The molecule has 2 bridgehead atoms. The van der Waals surface area contributed by atoms with Gasteiger partial charge in [0.25, 0.3) is 0 Å². The molecule has 0 aromatic heterocycles. The molecule has 4 aliphatic rings. The molecule has 7 nitrogen and oxygen atoms in total. The van der Waals surface area contributed by atoms with Crippen molar-refractivity contribution >= 4 is 29.4 Å². The number of thioether (sulfide) groups is 1. The first-order valence-electron chi connectivity index (χ1n) is 14.9. The Kier molecular flexibility index (Phi) is 8.72. The first kappa shape index (κ1) is 30.6. The second-order valence-electron chi connectivity index (χ2n) is 13.8. The van der Waals surface area contributed by atoms with Gasteiger partial charge in [0.15, 0.2) is 0 Å². The second kappa shape index (κ2) is 11.1. The van der Waals surface area contributed by atoms with Crippen LogP contribution >= 0.6 is 11.8 Å². The van der Waals surface area contributed by atoms with Gasteiger partial charge in [0, 0.05) is 41.5 Å². The number of rotatable bonds is 7. The van der Waals surface area contributed by atoms with Crippen LogP contribution < -0.4 is 5.73 Å². The molecule has 3 aliphatic carbocycles. The van der Waals surface area contributed by atoms with E-state index in [0.29, 0.717) is 25.9 Å². The van der Waals surface area contributed by atoms with Crippen molar-refractivity contribution in [2.45, 2.75) is 104 Å². The summed E-state index contributed by atoms with van der Waals surface area (Å²) in [7, 11) is 0. The lowest BCUT2D eigenvalue weighted by Gasteiger charge is -2.61. The number of nitrogens with two attached hydrogens (primary N) is 1. The lowest BCUT2D eigenvalue weighted by Crippen LogP contribution is -2.63. The predicted molar refractivity (Wildman–Crippen MR) is 155 cm³/mol. The molecule has 0 aromatic carbocycles. The first-order chi connectivity index (χ1) is 18.2. The maximum absolute atomic E-state index is 13.5. The van der Waals surface area contributed by atoms with Gasteiger partial charge in [-0.1, -0.05) is 47.6 Å². The first-order valence-corrected chi connectivity index (χ1v) is 16.0. The summed E-state index contributed by atoms with van der Waals surface area (Å²) in [5, 5.41) is 11.8. The number of esters is 1. The van der Waals surface area contributed by atoms with Crippen LogP contribution in [0.1, 0.15) is 80.1 Å². The molecule has 1 amide bonds. The molecular weight excluding hydrogens is 512 g/mol. The Labute approximate surface area is 239 Å². The van der Waals surface area contributed by atoms with Gasteiger partial charge in [0.2, 0.25) is 5.91 Å². The summed E-state index contributed by atoms with van der Waals surface area (Å²) in [5.41, 5.74) is 4.65. The minimum absolute atomic E-state index is 0.0226. The van der Waals surface area contributed by atoms with Crippen molar-refractivity contribution in [3.63, 3.8) is 0 Å². The molecule has 8 heteroatoms. The minimum atomic E-state index is -0.670. The van der Waals surface area contributed by atoms with Gasteiger partial charge in [-0.2, -0.15) is 0 Å². The van der Waals surface area contributed by atoms with E-state index >= 15 is 0 Å². The number of amides is 1. The van der Waals surface area contributed by atoms with Gasteiger partial charge in [0.05, 0.1) is 17.9 Å². The number of ether oxygens (including phenoxy) is 1. The van der Waals surface area contributed by atoms with Crippen LogP contribution in [0.15, 0.2) is 12.7 Å². The number of Topliss-reactive ketones (excluding diaryl/α,β-unsaturated/α-hetero) is 1. The fourth-order valence-electron chi connectivity index (χ4n) is 8.44. The van der Waals surface area contributed by atoms with Crippen molar-refractivity contribution < 1.29 is 24.2 Å². The van der Waals surface area contributed by atoms with Gasteiger partial charge in [-0.3, -0.25) is 14.4 Å². The number of likely N-dealkylation sites (tertiary alicyclic amines) is 1. The third-order valence-electron chi connectivity index (χ3n) is 11.5. The van der Waals surface area contributed by atoms with E-state index in [9.17, 15) is 19.5 Å². The highest BCUT2D eigenvalue weighted by Crippen LogP contribution is 2.68. The lowest BCUT2D eigenvalue weighted by molar-refractivity contribution is -0.205. The highest BCUT2D eigenvalue weighted by Gasteiger charge is 2.68. The Balaban J connectivity index is 1.52. The van der Waals surface area contributed by atoms with Crippen LogP contribution in [0.4, 0.5) is 0 Å². The number of nitrogens with zero attached hydrogens (tertiary/aromatic N) is 1. The molecular formula is C31H50N2O5S.